The first-order chi connectivity index (χ1) is 15.9. The molecule has 0 spiro atoms. The monoisotopic (exact) mass is 466 g/mol. The number of aromatic nitrogens is 3. The van der Waals surface area contributed by atoms with Crippen LogP contribution in [0.25, 0.3) is 11.1 Å². The topological polar surface area (TPSA) is 106 Å². The summed E-state index contributed by atoms with van der Waals surface area (Å²) < 4.78 is 32.2. The average Bonchev–Trinajstić information content (AvgIpc) is 3.14. The first-order valence-corrected chi connectivity index (χ1v) is 12.4. The number of fused-ring (bicyclic) bond motifs is 4. The highest BCUT2D eigenvalue weighted by Gasteiger charge is 2.54. The molecule has 2 aromatic heterocycles. The summed E-state index contributed by atoms with van der Waals surface area (Å²) in [6, 6.07) is 5.17. The number of nitrogens with one attached hydrogen (secondary N) is 1. The number of nitrogens with two attached hydrogens (primary N) is 1. The zero-order valence-electron chi connectivity index (χ0n) is 18.2. The number of halogens is 1. The van der Waals surface area contributed by atoms with Gasteiger partial charge in [0.1, 0.15) is 11.6 Å². The van der Waals surface area contributed by atoms with E-state index >= 15 is 0 Å². The Kier molecular flexibility index (Phi) is 4.63. The summed E-state index contributed by atoms with van der Waals surface area (Å²) in [5.74, 6) is 1.77. The van der Waals surface area contributed by atoms with Crippen molar-refractivity contribution in [1.29, 1.82) is 0 Å². The zero-order chi connectivity index (χ0) is 22.9. The summed E-state index contributed by atoms with van der Waals surface area (Å²) in [6.07, 6.45) is 5.22. The van der Waals surface area contributed by atoms with Gasteiger partial charge < -0.3 is 20.7 Å². The highest BCUT2D eigenvalue weighted by atomic mass is 32.2. The summed E-state index contributed by atoms with van der Waals surface area (Å²) >= 11 is 0. The van der Waals surface area contributed by atoms with Gasteiger partial charge in [0.05, 0.1) is 27.6 Å². The molecule has 3 unspecified atom stereocenters. The third kappa shape index (κ3) is 3.36. The predicted octanol–water partition coefficient (Wildman–Crippen LogP) is 2.55. The average molecular weight is 467 g/mol. The third-order valence-electron chi connectivity index (χ3n) is 6.83. The smallest absolute Gasteiger partial charge is 0.324 e. The molecule has 3 atom stereocenters. The van der Waals surface area contributed by atoms with Crippen LogP contribution in [0.2, 0.25) is 0 Å². The third-order valence-corrected chi connectivity index (χ3v) is 7.72. The molecule has 3 aliphatic rings. The fourth-order valence-electron chi connectivity index (χ4n) is 5.05. The standard InChI is InChI=1S/C23H23FN6O2S/c1-26-18-4-11(24)3-15-14(18)6-19-20(15)22(30-9-16-17(10-30)21(16)25)29-23(28-19)32-12-5-13(33(2)31)8-27-7-12/h3-5,7-8,16-17,21,26H,6,9-10,25H2,1-2H3. The van der Waals surface area contributed by atoms with Crippen molar-refractivity contribution >= 4 is 22.3 Å². The largest absolute Gasteiger partial charge is 0.423 e. The minimum Gasteiger partial charge on any atom is -0.423 e. The van der Waals surface area contributed by atoms with Crippen molar-refractivity contribution in [1.82, 2.24) is 15.0 Å². The Hall–Kier alpha value is -3.11. The van der Waals surface area contributed by atoms with Crippen LogP contribution < -0.4 is 20.7 Å². The fraction of sp³-hybridized carbons (Fsp3) is 0.348. The Morgan fingerprint density at radius 1 is 1.21 bits per heavy atom. The van der Waals surface area contributed by atoms with E-state index in [1.54, 1.807) is 37.8 Å². The number of hydrogen-bond donors (Lipinski definition) is 2. The molecule has 33 heavy (non-hydrogen) atoms. The van der Waals surface area contributed by atoms with Gasteiger partial charge in [-0.2, -0.15) is 9.97 Å². The van der Waals surface area contributed by atoms with Crippen LogP contribution in [0, 0.1) is 17.7 Å². The lowest BCUT2D eigenvalue weighted by atomic mass is 10.0. The SMILES string of the molecule is CNc1cc(F)cc2c1Cc1nc(Oc3cncc(S(C)=O)c3)nc(N3CC4C(N)C4C3)c1-2. The Labute approximate surface area is 192 Å². The van der Waals surface area contributed by atoms with Crippen molar-refractivity contribution in [3.63, 3.8) is 0 Å². The van der Waals surface area contributed by atoms with Crippen molar-refractivity contribution in [2.75, 3.05) is 36.6 Å². The summed E-state index contributed by atoms with van der Waals surface area (Å²) in [7, 11) is 0.599. The van der Waals surface area contributed by atoms with E-state index in [1.165, 1.54) is 6.07 Å². The van der Waals surface area contributed by atoms with Crippen LogP contribution in [-0.4, -0.2) is 51.6 Å². The molecule has 0 amide bonds. The van der Waals surface area contributed by atoms with E-state index in [0.29, 0.717) is 28.9 Å². The molecule has 1 saturated carbocycles. The fourth-order valence-corrected chi connectivity index (χ4v) is 5.55. The van der Waals surface area contributed by atoms with Gasteiger partial charge in [0.2, 0.25) is 0 Å². The van der Waals surface area contributed by atoms with Crippen LogP contribution in [0.1, 0.15) is 11.3 Å². The predicted molar refractivity (Wildman–Crippen MR) is 124 cm³/mol. The van der Waals surface area contributed by atoms with Crippen LogP contribution in [0.15, 0.2) is 35.5 Å². The molecule has 10 heteroatoms. The van der Waals surface area contributed by atoms with Crippen molar-refractivity contribution in [2.45, 2.75) is 17.4 Å². The van der Waals surface area contributed by atoms with Crippen LogP contribution in [-0.2, 0) is 17.2 Å². The van der Waals surface area contributed by atoms with E-state index in [-0.39, 0.29) is 17.9 Å². The molecule has 2 fully saturated rings. The van der Waals surface area contributed by atoms with Gasteiger partial charge in [0, 0.05) is 62.4 Å². The van der Waals surface area contributed by atoms with Crippen LogP contribution >= 0.6 is 0 Å². The van der Waals surface area contributed by atoms with Crippen LogP contribution in [0.4, 0.5) is 15.9 Å². The van der Waals surface area contributed by atoms with Crippen LogP contribution in [0.3, 0.4) is 0 Å². The molecule has 6 rings (SSSR count). The minimum absolute atomic E-state index is 0.189. The van der Waals surface area contributed by atoms with E-state index < -0.39 is 10.8 Å². The van der Waals surface area contributed by atoms with Crippen molar-refractivity contribution in [3.05, 3.63) is 47.7 Å². The molecular formula is C23H23FN6O2S. The van der Waals surface area contributed by atoms with Crippen molar-refractivity contribution < 1.29 is 13.3 Å². The molecule has 0 bridgehead atoms. The zero-order valence-corrected chi connectivity index (χ0v) is 19.0. The molecule has 170 valence electrons. The molecule has 3 heterocycles. The Balaban J connectivity index is 1.44. The van der Waals surface area contributed by atoms with Gasteiger partial charge >= 0.3 is 6.01 Å². The van der Waals surface area contributed by atoms with Crippen LogP contribution in [0.5, 0.6) is 11.8 Å². The highest BCUT2D eigenvalue weighted by Crippen LogP contribution is 2.50. The van der Waals surface area contributed by atoms with E-state index in [9.17, 15) is 8.60 Å². The quantitative estimate of drug-likeness (QED) is 0.462. The number of ether oxygens (including phenoxy) is 1. The number of pyridine rings is 1. The molecule has 1 saturated heterocycles. The molecule has 1 aliphatic heterocycles. The minimum atomic E-state index is -1.18. The maximum atomic E-state index is 14.4. The first-order valence-electron chi connectivity index (χ1n) is 10.8. The van der Waals surface area contributed by atoms with Gasteiger partial charge in [-0.05, 0) is 35.1 Å². The number of hydrogen-bond acceptors (Lipinski definition) is 8. The second kappa shape index (κ2) is 7.46. The lowest BCUT2D eigenvalue weighted by Crippen LogP contribution is -2.29. The Bertz CT molecular complexity index is 1310. The summed E-state index contributed by atoms with van der Waals surface area (Å²) in [5, 5.41) is 3.10. The molecular weight excluding hydrogens is 443 g/mol. The van der Waals surface area contributed by atoms with Gasteiger partial charge in [-0.15, -0.1) is 0 Å². The van der Waals surface area contributed by atoms with E-state index in [0.717, 1.165) is 47.0 Å². The Morgan fingerprint density at radius 2 is 2.00 bits per heavy atom. The summed E-state index contributed by atoms with van der Waals surface area (Å²) in [4.78, 5) is 16.3. The van der Waals surface area contributed by atoms with E-state index in [4.69, 9.17) is 15.5 Å². The number of benzene rings is 1. The summed E-state index contributed by atoms with van der Waals surface area (Å²) in [5.41, 5.74) is 10.3. The number of piperidine rings is 1. The molecule has 3 aromatic rings. The van der Waals surface area contributed by atoms with Gasteiger partial charge in [0.15, 0.2) is 5.75 Å². The number of anilines is 2. The second-order valence-corrected chi connectivity index (χ2v) is 10.2. The van der Waals surface area contributed by atoms with Gasteiger partial charge in [-0.3, -0.25) is 9.19 Å². The van der Waals surface area contributed by atoms with Crippen molar-refractivity contribution in [3.8, 4) is 22.9 Å². The molecule has 8 nitrogen and oxygen atoms in total. The Morgan fingerprint density at radius 3 is 2.73 bits per heavy atom. The molecule has 2 aliphatic carbocycles. The number of rotatable bonds is 5. The summed E-state index contributed by atoms with van der Waals surface area (Å²) in [6.45, 7) is 1.62. The van der Waals surface area contributed by atoms with E-state index in [2.05, 4.69) is 20.2 Å². The van der Waals surface area contributed by atoms with Gasteiger partial charge in [-0.1, -0.05) is 0 Å². The normalized spacial score (nSPS) is 23.0. The molecule has 0 radical (unpaired) electrons. The highest BCUT2D eigenvalue weighted by molar-refractivity contribution is 7.84. The molecule has 3 N–H and O–H groups in total. The van der Waals surface area contributed by atoms with Gasteiger partial charge in [-0.25, -0.2) is 4.39 Å². The molecule has 1 aromatic carbocycles. The maximum absolute atomic E-state index is 14.4. The number of nitrogens with zero attached hydrogens (tertiary/aromatic N) is 4. The lowest BCUT2D eigenvalue weighted by molar-refractivity contribution is 0.436. The second-order valence-electron chi connectivity index (χ2n) is 8.78. The van der Waals surface area contributed by atoms with Gasteiger partial charge in [0.25, 0.3) is 0 Å². The van der Waals surface area contributed by atoms with Crippen molar-refractivity contribution in [2.24, 2.45) is 17.6 Å². The van der Waals surface area contributed by atoms with E-state index in [1.807, 2.05) is 0 Å². The first kappa shape index (κ1) is 20.5. The maximum Gasteiger partial charge on any atom is 0.324 e. The lowest BCUT2D eigenvalue weighted by Gasteiger charge is -2.23.